The average molecular weight is 461 g/mol. The molecule has 1 N–H and O–H groups in total. The van der Waals surface area contributed by atoms with Crippen molar-refractivity contribution in [3.8, 4) is 6.07 Å². The summed E-state index contributed by atoms with van der Waals surface area (Å²) in [6.45, 7) is 3.57. The number of carbonyl (C=O) groups excluding carboxylic acids is 1. The highest BCUT2D eigenvalue weighted by atomic mass is 127. The molecule has 7 heteroatoms. The summed E-state index contributed by atoms with van der Waals surface area (Å²) in [5, 5.41) is 12.2. The molecular formula is C19H20IN5O. The standard InChI is InChI=1S/C19H20IN5O/c20-16-5-1-6-17(12-16)23-18(26)14-24-8-3-9-25(11-10-24)19-15(13-21)4-2-7-22-19/h1-2,4-7,12H,3,8-11,14H2,(H,23,26). The summed E-state index contributed by atoms with van der Waals surface area (Å²) in [6, 6.07) is 13.5. The zero-order valence-electron chi connectivity index (χ0n) is 14.4. The Hall–Kier alpha value is -2.18. The Labute approximate surface area is 167 Å². The van der Waals surface area contributed by atoms with Crippen LogP contribution in [0.2, 0.25) is 0 Å². The summed E-state index contributed by atoms with van der Waals surface area (Å²) in [6.07, 6.45) is 2.64. The summed E-state index contributed by atoms with van der Waals surface area (Å²) in [5.74, 6) is 0.733. The number of pyridine rings is 1. The smallest absolute Gasteiger partial charge is 0.238 e. The van der Waals surface area contributed by atoms with Crippen LogP contribution in [0, 0.1) is 14.9 Å². The van der Waals surface area contributed by atoms with Crippen molar-refractivity contribution >= 4 is 40.0 Å². The molecule has 0 bridgehead atoms. The topological polar surface area (TPSA) is 72.3 Å². The van der Waals surface area contributed by atoms with Crippen molar-refractivity contribution in [2.75, 3.05) is 42.9 Å². The van der Waals surface area contributed by atoms with Gasteiger partial charge in [-0.25, -0.2) is 4.98 Å². The van der Waals surface area contributed by atoms with Gasteiger partial charge in [0.1, 0.15) is 11.9 Å². The lowest BCUT2D eigenvalue weighted by Gasteiger charge is -2.23. The number of nitriles is 1. The maximum absolute atomic E-state index is 12.3. The first-order valence-corrected chi connectivity index (χ1v) is 9.61. The van der Waals surface area contributed by atoms with E-state index in [0.717, 1.165) is 47.7 Å². The van der Waals surface area contributed by atoms with Gasteiger partial charge in [0.05, 0.1) is 12.1 Å². The molecule has 3 rings (SSSR count). The number of aromatic nitrogens is 1. The number of carbonyl (C=O) groups is 1. The summed E-state index contributed by atoms with van der Waals surface area (Å²) < 4.78 is 1.09. The van der Waals surface area contributed by atoms with Crippen molar-refractivity contribution in [3.63, 3.8) is 0 Å². The van der Waals surface area contributed by atoms with Gasteiger partial charge in [-0.2, -0.15) is 5.26 Å². The third-order valence-electron chi connectivity index (χ3n) is 4.27. The Morgan fingerprint density at radius 1 is 1.23 bits per heavy atom. The van der Waals surface area contributed by atoms with Gasteiger partial charge in [0.15, 0.2) is 0 Å². The van der Waals surface area contributed by atoms with Crippen LogP contribution in [0.4, 0.5) is 11.5 Å². The Morgan fingerprint density at radius 3 is 2.92 bits per heavy atom. The van der Waals surface area contributed by atoms with Crippen molar-refractivity contribution in [2.45, 2.75) is 6.42 Å². The maximum atomic E-state index is 12.3. The van der Waals surface area contributed by atoms with Gasteiger partial charge >= 0.3 is 0 Å². The van der Waals surface area contributed by atoms with Crippen molar-refractivity contribution in [3.05, 3.63) is 51.7 Å². The van der Waals surface area contributed by atoms with Crippen molar-refractivity contribution < 1.29 is 4.79 Å². The molecule has 2 aromatic rings. The third kappa shape index (κ3) is 4.93. The fraction of sp³-hybridized carbons (Fsp3) is 0.316. The van der Waals surface area contributed by atoms with E-state index in [0.29, 0.717) is 12.1 Å². The van der Waals surface area contributed by atoms with Crippen LogP contribution < -0.4 is 10.2 Å². The van der Waals surface area contributed by atoms with Gasteiger partial charge < -0.3 is 10.2 Å². The second kappa shape index (κ2) is 8.96. The number of halogens is 1. The largest absolute Gasteiger partial charge is 0.354 e. The minimum absolute atomic E-state index is 0.00370. The van der Waals surface area contributed by atoms with E-state index in [-0.39, 0.29) is 5.91 Å². The number of nitrogens with zero attached hydrogens (tertiary/aromatic N) is 4. The van der Waals surface area contributed by atoms with Crippen LogP contribution in [-0.4, -0.2) is 48.5 Å². The van der Waals surface area contributed by atoms with Gasteiger partial charge in [0.2, 0.25) is 5.91 Å². The number of hydrogen-bond acceptors (Lipinski definition) is 5. The lowest BCUT2D eigenvalue weighted by molar-refractivity contribution is -0.117. The number of benzene rings is 1. The van der Waals surface area contributed by atoms with Crippen LogP contribution in [0.3, 0.4) is 0 Å². The lowest BCUT2D eigenvalue weighted by Crippen LogP contribution is -2.36. The van der Waals surface area contributed by atoms with Gasteiger partial charge in [0.25, 0.3) is 0 Å². The van der Waals surface area contributed by atoms with Crippen LogP contribution in [-0.2, 0) is 4.79 Å². The van der Waals surface area contributed by atoms with Gasteiger partial charge in [-0.1, -0.05) is 6.07 Å². The monoisotopic (exact) mass is 461 g/mol. The number of amides is 1. The molecule has 134 valence electrons. The van der Waals surface area contributed by atoms with E-state index in [1.165, 1.54) is 0 Å². The second-order valence-electron chi connectivity index (χ2n) is 6.16. The maximum Gasteiger partial charge on any atom is 0.238 e. The van der Waals surface area contributed by atoms with Gasteiger partial charge in [-0.05, 0) is 59.3 Å². The first kappa shape index (κ1) is 18.6. The zero-order valence-corrected chi connectivity index (χ0v) is 16.5. The molecule has 0 atom stereocenters. The Balaban J connectivity index is 1.57. The van der Waals surface area contributed by atoms with Crippen LogP contribution in [0.25, 0.3) is 0 Å². The third-order valence-corrected chi connectivity index (χ3v) is 4.94. The van der Waals surface area contributed by atoms with Crippen LogP contribution in [0.15, 0.2) is 42.6 Å². The lowest BCUT2D eigenvalue weighted by atomic mass is 10.2. The average Bonchev–Trinajstić information content (AvgIpc) is 2.87. The number of nitrogens with one attached hydrogen (secondary N) is 1. The predicted octanol–water partition coefficient (Wildman–Crippen LogP) is 2.71. The summed E-state index contributed by atoms with van der Waals surface area (Å²) in [7, 11) is 0. The molecule has 1 aliphatic rings. The van der Waals surface area contributed by atoms with Gasteiger partial charge in [-0.15, -0.1) is 0 Å². The number of rotatable bonds is 4. The Kier molecular flexibility index (Phi) is 6.41. The normalized spacial score (nSPS) is 15.2. The molecule has 1 amide bonds. The molecule has 0 unspecified atom stereocenters. The SMILES string of the molecule is N#Cc1cccnc1N1CCCN(CC(=O)Nc2cccc(I)c2)CC1. The minimum atomic E-state index is -0.00370. The quantitative estimate of drug-likeness (QED) is 0.710. The fourth-order valence-electron chi connectivity index (χ4n) is 3.05. The van der Waals surface area contributed by atoms with E-state index in [9.17, 15) is 10.1 Å². The molecule has 1 fully saturated rings. The second-order valence-corrected chi connectivity index (χ2v) is 7.41. The van der Waals surface area contributed by atoms with Crippen molar-refractivity contribution in [1.29, 1.82) is 5.26 Å². The van der Waals surface area contributed by atoms with Gasteiger partial charge in [0, 0.05) is 41.6 Å². The molecule has 0 radical (unpaired) electrons. The molecule has 1 aliphatic heterocycles. The molecule has 0 saturated carbocycles. The molecule has 6 nitrogen and oxygen atoms in total. The van der Waals surface area contributed by atoms with Crippen LogP contribution >= 0.6 is 22.6 Å². The molecule has 26 heavy (non-hydrogen) atoms. The first-order valence-electron chi connectivity index (χ1n) is 8.53. The Bertz CT molecular complexity index is 820. The van der Waals surface area contributed by atoms with E-state index < -0.39 is 0 Å². The van der Waals surface area contributed by atoms with E-state index in [4.69, 9.17) is 0 Å². The van der Waals surface area contributed by atoms with Gasteiger partial charge in [-0.3, -0.25) is 9.69 Å². The van der Waals surface area contributed by atoms with E-state index in [2.05, 4.69) is 48.8 Å². The highest BCUT2D eigenvalue weighted by Crippen LogP contribution is 2.18. The predicted molar refractivity (Wildman–Crippen MR) is 110 cm³/mol. The molecule has 1 saturated heterocycles. The van der Waals surface area contributed by atoms with Crippen molar-refractivity contribution in [1.82, 2.24) is 9.88 Å². The highest BCUT2D eigenvalue weighted by molar-refractivity contribution is 14.1. The molecular weight excluding hydrogens is 441 g/mol. The zero-order chi connectivity index (χ0) is 18.4. The van der Waals surface area contributed by atoms with E-state index >= 15 is 0 Å². The molecule has 1 aromatic heterocycles. The highest BCUT2D eigenvalue weighted by Gasteiger charge is 2.19. The first-order chi connectivity index (χ1) is 12.7. The number of anilines is 2. The Morgan fingerprint density at radius 2 is 2.12 bits per heavy atom. The fourth-order valence-corrected chi connectivity index (χ4v) is 3.59. The summed E-state index contributed by atoms with van der Waals surface area (Å²) in [5.41, 5.74) is 1.42. The van der Waals surface area contributed by atoms with Crippen LogP contribution in [0.1, 0.15) is 12.0 Å². The van der Waals surface area contributed by atoms with E-state index in [1.807, 2.05) is 24.3 Å². The molecule has 0 spiro atoms. The minimum Gasteiger partial charge on any atom is -0.354 e. The molecule has 1 aromatic carbocycles. The van der Waals surface area contributed by atoms with Crippen LogP contribution in [0.5, 0.6) is 0 Å². The number of hydrogen-bond donors (Lipinski definition) is 1. The van der Waals surface area contributed by atoms with E-state index in [1.54, 1.807) is 18.3 Å². The summed E-state index contributed by atoms with van der Waals surface area (Å²) >= 11 is 2.23. The summed E-state index contributed by atoms with van der Waals surface area (Å²) in [4.78, 5) is 21.0. The molecule has 2 heterocycles. The molecule has 0 aliphatic carbocycles. The van der Waals surface area contributed by atoms with Crippen molar-refractivity contribution in [2.24, 2.45) is 0 Å².